The number of hydrogen-bond acceptors (Lipinski definition) is 4. The van der Waals surface area contributed by atoms with Gasteiger partial charge in [0.25, 0.3) is 11.8 Å². The minimum Gasteiger partial charge on any atom is -0.494 e. The van der Waals surface area contributed by atoms with Crippen LogP contribution in [0.15, 0.2) is 48.5 Å². The highest BCUT2D eigenvalue weighted by Gasteiger charge is 2.23. The van der Waals surface area contributed by atoms with Gasteiger partial charge in [-0.25, -0.2) is 0 Å². The number of likely N-dealkylation sites (N-methyl/N-ethyl adjacent to an activating group) is 1. The Bertz CT molecular complexity index is 874. The molecule has 1 aliphatic heterocycles. The maximum absolute atomic E-state index is 13.0. The Morgan fingerprint density at radius 3 is 2.31 bits per heavy atom. The third-order valence-corrected chi connectivity index (χ3v) is 5.83. The van der Waals surface area contributed by atoms with Crippen LogP contribution in [0.25, 0.3) is 0 Å². The zero-order valence-electron chi connectivity index (χ0n) is 19.3. The molecule has 2 amide bonds. The molecule has 172 valence electrons. The molecule has 0 unspecified atom stereocenters. The van der Waals surface area contributed by atoms with E-state index in [2.05, 4.69) is 24.2 Å². The lowest BCUT2D eigenvalue weighted by Gasteiger charge is -2.32. The Morgan fingerprint density at radius 2 is 1.59 bits per heavy atom. The van der Waals surface area contributed by atoms with Crippen LogP contribution in [-0.4, -0.2) is 61.4 Å². The molecule has 1 saturated heterocycles. The molecule has 0 radical (unpaired) electrons. The summed E-state index contributed by atoms with van der Waals surface area (Å²) < 4.78 is 5.78. The maximum Gasteiger partial charge on any atom is 0.256 e. The van der Waals surface area contributed by atoms with Crippen LogP contribution in [0.5, 0.6) is 5.75 Å². The summed E-state index contributed by atoms with van der Waals surface area (Å²) in [7, 11) is 2.06. The van der Waals surface area contributed by atoms with Gasteiger partial charge in [0, 0.05) is 31.7 Å². The SMILES string of the molecule is CCCCCCCOc1ccc(C(=O)Nc2ccccc2C(=O)N2CCN(C)CC2)cc1. The van der Waals surface area contributed by atoms with Crippen LogP contribution in [0.4, 0.5) is 5.69 Å². The van der Waals surface area contributed by atoms with Crippen LogP contribution in [0, 0.1) is 0 Å². The number of carbonyl (C=O) groups is 2. The number of anilines is 1. The average Bonchev–Trinajstić information content (AvgIpc) is 2.82. The summed E-state index contributed by atoms with van der Waals surface area (Å²) in [5, 5.41) is 2.91. The molecule has 6 nitrogen and oxygen atoms in total. The smallest absolute Gasteiger partial charge is 0.256 e. The van der Waals surface area contributed by atoms with E-state index in [1.54, 1.807) is 24.3 Å². The summed E-state index contributed by atoms with van der Waals surface area (Å²) in [6, 6.07) is 14.4. The number of amides is 2. The van der Waals surface area contributed by atoms with Gasteiger partial charge in [-0.2, -0.15) is 0 Å². The van der Waals surface area contributed by atoms with E-state index in [0.717, 1.165) is 25.3 Å². The highest BCUT2D eigenvalue weighted by Crippen LogP contribution is 2.20. The van der Waals surface area contributed by atoms with Crippen LogP contribution >= 0.6 is 0 Å². The number of rotatable bonds is 10. The summed E-state index contributed by atoms with van der Waals surface area (Å²) in [5.41, 5.74) is 1.59. The third-order valence-electron chi connectivity index (χ3n) is 5.83. The number of unbranched alkanes of at least 4 members (excludes halogenated alkanes) is 4. The van der Waals surface area contributed by atoms with Gasteiger partial charge in [0.2, 0.25) is 0 Å². The lowest BCUT2D eigenvalue weighted by Crippen LogP contribution is -2.47. The molecule has 1 fully saturated rings. The topological polar surface area (TPSA) is 61.9 Å². The van der Waals surface area contributed by atoms with Crippen molar-refractivity contribution in [3.63, 3.8) is 0 Å². The summed E-state index contributed by atoms with van der Waals surface area (Å²) in [6.07, 6.45) is 5.98. The number of benzene rings is 2. The molecular weight excluding hydrogens is 402 g/mol. The first-order chi connectivity index (χ1) is 15.6. The highest BCUT2D eigenvalue weighted by molar-refractivity contribution is 6.09. The van der Waals surface area contributed by atoms with E-state index >= 15 is 0 Å². The molecule has 0 bridgehead atoms. The lowest BCUT2D eigenvalue weighted by atomic mass is 10.1. The summed E-state index contributed by atoms with van der Waals surface area (Å²) in [6.45, 7) is 5.99. The first kappa shape index (κ1) is 23.8. The van der Waals surface area contributed by atoms with Crippen LogP contribution in [0.1, 0.15) is 59.7 Å². The van der Waals surface area contributed by atoms with Gasteiger partial charge >= 0.3 is 0 Å². The Hall–Kier alpha value is -2.86. The zero-order chi connectivity index (χ0) is 22.8. The fraction of sp³-hybridized carbons (Fsp3) is 0.462. The molecule has 2 aromatic carbocycles. The van der Waals surface area contributed by atoms with Gasteiger partial charge in [-0.05, 0) is 49.9 Å². The van der Waals surface area contributed by atoms with Crippen molar-refractivity contribution in [3.05, 3.63) is 59.7 Å². The molecule has 0 aliphatic carbocycles. The van der Waals surface area contributed by atoms with E-state index < -0.39 is 0 Å². The number of piperazine rings is 1. The summed E-state index contributed by atoms with van der Waals surface area (Å²) in [5.74, 6) is 0.481. The number of ether oxygens (including phenoxy) is 1. The Kier molecular flexibility index (Phi) is 9.11. The Labute approximate surface area is 191 Å². The standard InChI is InChI=1S/C26H35N3O3/c1-3-4-5-6-9-20-32-22-14-12-21(13-15-22)25(30)27-24-11-8-7-10-23(24)26(31)29-18-16-28(2)17-19-29/h7-8,10-15H,3-6,9,16-20H2,1-2H3,(H,27,30). The largest absolute Gasteiger partial charge is 0.494 e. The van der Waals surface area contributed by atoms with Crippen molar-refractivity contribution < 1.29 is 14.3 Å². The molecule has 2 aromatic rings. The van der Waals surface area contributed by atoms with Gasteiger partial charge in [-0.3, -0.25) is 9.59 Å². The molecule has 0 saturated carbocycles. The second-order valence-corrected chi connectivity index (χ2v) is 8.38. The average molecular weight is 438 g/mol. The van der Waals surface area contributed by atoms with Crippen molar-refractivity contribution >= 4 is 17.5 Å². The predicted octanol–water partition coefficient (Wildman–Crippen LogP) is 4.68. The van der Waals surface area contributed by atoms with Crippen molar-refractivity contribution in [1.29, 1.82) is 0 Å². The van der Waals surface area contributed by atoms with Crippen molar-refractivity contribution in [2.75, 3.05) is 45.2 Å². The van der Waals surface area contributed by atoms with E-state index in [0.29, 0.717) is 36.5 Å². The third kappa shape index (κ3) is 6.82. The van der Waals surface area contributed by atoms with Gasteiger partial charge in [-0.1, -0.05) is 44.7 Å². The molecular formula is C26H35N3O3. The first-order valence-corrected chi connectivity index (χ1v) is 11.7. The van der Waals surface area contributed by atoms with Crippen molar-refractivity contribution in [1.82, 2.24) is 9.80 Å². The van der Waals surface area contributed by atoms with Crippen molar-refractivity contribution in [2.24, 2.45) is 0 Å². The van der Waals surface area contributed by atoms with E-state index in [1.807, 2.05) is 29.2 Å². The van der Waals surface area contributed by atoms with Crippen LogP contribution < -0.4 is 10.1 Å². The zero-order valence-corrected chi connectivity index (χ0v) is 19.3. The second kappa shape index (κ2) is 12.2. The van der Waals surface area contributed by atoms with E-state index in [1.165, 1.54) is 25.7 Å². The molecule has 1 aliphatic rings. The summed E-state index contributed by atoms with van der Waals surface area (Å²) >= 11 is 0. The highest BCUT2D eigenvalue weighted by atomic mass is 16.5. The van der Waals surface area contributed by atoms with Crippen molar-refractivity contribution in [2.45, 2.75) is 39.0 Å². The lowest BCUT2D eigenvalue weighted by molar-refractivity contribution is 0.0665. The van der Waals surface area contributed by atoms with Crippen LogP contribution in [0.2, 0.25) is 0 Å². The molecule has 0 aromatic heterocycles. The minimum absolute atomic E-state index is 0.0447. The molecule has 1 heterocycles. The number of nitrogens with one attached hydrogen (secondary N) is 1. The van der Waals surface area contributed by atoms with Crippen molar-refractivity contribution in [3.8, 4) is 5.75 Å². The number of para-hydroxylation sites is 1. The number of carbonyl (C=O) groups excluding carboxylic acids is 2. The molecule has 6 heteroatoms. The van der Waals surface area contributed by atoms with E-state index in [9.17, 15) is 9.59 Å². The van der Waals surface area contributed by atoms with E-state index in [4.69, 9.17) is 4.74 Å². The molecule has 3 rings (SSSR count). The minimum atomic E-state index is -0.241. The maximum atomic E-state index is 13.0. The predicted molar refractivity (Wildman–Crippen MR) is 128 cm³/mol. The van der Waals surface area contributed by atoms with Gasteiger partial charge in [0.05, 0.1) is 17.9 Å². The monoisotopic (exact) mass is 437 g/mol. The molecule has 0 spiro atoms. The molecule has 32 heavy (non-hydrogen) atoms. The Balaban J connectivity index is 1.56. The van der Waals surface area contributed by atoms with Gasteiger partial charge < -0.3 is 19.9 Å². The van der Waals surface area contributed by atoms with Gasteiger partial charge in [-0.15, -0.1) is 0 Å². The van der Waals surface area contributed by atoms with E-state index in [-0.39, 0.29) is 11.8 Å². The van der Waals surface area contributed by atoms with Gasteiger partial charge in [0.1, 0.15) is 5.75 Å². The fourth-order valence-electron chi connectivity index (χ4n) is 3.75. The number of hydrogen-bond donors (Lipinski definition) is 1. The van der Waals surface area contributed by atoms with Crippen LogP contribution in [-0.2, 0) is 0 Å². The van der Waals surface area contributed by atoms with Crippen LogP contribution in [0.3, 0.4) is 0 Å². The Morgan fingerprint density at radius 1 is 0.906 bits per heavy atom. The quantitative estimate of drug-likeness (QED) is 0.549. The normalized spacial score (nSPS) is 14.2. The second-order valence-electron chi connectivity index (χ2n) is 8.38. The fourth-order valence-corrected chi connectivity index (χ4v) is 3.75. The van der Waals surface area contributed by atoms with Gasteiger partial charge in [0.15, 0.2) is 0 Å². The first-order valence-electron chi connectivity index (χ1n) is 11.7. The molecule has 1 N–H and O–H groups in total. The summed E-state index contributed by atoms with van der Waals surface area (Å²) in [4.78, 5) is 29.9. The number of nitrogens with zero attached hydrogens (tertiary/aromatic N) is 2. The molecule has 0 atom stereocenters.